The van der Waals surface area contributed by atoms with Crippen molar-refractivity contribution in [3.8, 4) is 0 Å². The van der Waals surface area contributed by atoms with Crippen molar-refractivity contribution in [1.82, 2.24) is 24.8 Å². The Hall–Kier alpha value is -3.32. The predicted octanol–water partition coefficient (Wildman–Crippen LogP) is 2.93. The molecule has 1 aliphatic rings. The Kier molecular flexibility index (Phi) is 4.02. The summed E-state index contributed by atoms with van der Waals surface area (Å²) in [5.41, 5.74) is 3.67. The van der Waals surface area contributed by atoms with Crippen LogP contribution in [0.3, 0.4) is 0 Å². The number of halogens is 1. The van der Waals surface area contributed by atoms with Crippen LogP contribution in [0, 0.1) is 5.82 Å². The monoisotopic (exact) mass is 375 g/mol. The third kappa shape index (κ3) is 2.80. The van der Waals surface area contributed by atoms with Crippen molar-refractivity contribution in [2.24, 2.45) is 0 Å². The van der Waals surface area contributed by atoms with Gasteiger partial charge in [0.1, 0.15) is 5.82 Å². The molecule has 0 saturated carbocycles. The summed E-state index contributed by atoms with van der Waals surface area (Å²) in [6.07, 6.45) is 4.30. The second-order valence-electron chi connectivity index (χ2n) is 6.97. The zero-order chi connectivity index (χ0) is 19.1. The second-order valence-corrected chi connectivity index (χ2v) is 6.97. The summed E-state index contributed by atoms with van der Waals surface area (Å²) in [5.74, 6) is -0.425. The van der Waals surface area contributed by atoms with Gasteiger partial charge in [-0.3, -0.25) is 14.7 Å². The van der Waals surface area contributed by atoms with Crippen molar-refractivity contribution in [3.63, 3.8) is 0 Å². The average molecular weight is 375 g/mol. The molecule has 0 aliphatic carbocycles. The van der Waals surface area contributed by atoms with E-state index in [0.717, 1.165) is 30.0 Å². The van der Waals surface area contributed by atoms with Gasteiger partial charge in [-0.05, 0) is 24.3 Å². The van der Waals surface area contributed by atoms with Gasteiger partial charge >= 0.3 is 0 Å². The van der Waals surface area contributed by atoms with Crippen LogP contribution in [-0.2, 0) is 13.0 Å². The lowest BCUT2D eigenvalue weighted by Gasteiger charge is -2.34. The van der Waals surface area contributed by atoms with Gasteiger partial charge in [0.2, 0.25) is 0 Å². The van der Waals surface area contributed by atoms with Crippen LogP contribution >= 0.6 is 0 Å². The first-order valence-electron chi connectivity index (χ1n) is 9.18. The summed E-state index contributed by atoms with van der Waals surface area (Å²) in [4.78, 5) is 30.0. The molecule has 0 amide bonds. The lowest BCUT2D eigenvalue weighted by atomic mass is 9.99. The summed E-state index contributed by atoms with van der Waals surface area (Å²) in [7, 11) is 0. The summed E-state index contributed by atoms with van der Waals surface area (Å²) >= 11 is 0. The number of para-hydroxylation sites is 1. The van der Waals surface area contributed by atoms with Crippen molar-refractivity contribution in [1.29, 1.82) is 0 Å². The molecule has 140 valence electrons. The zero-order valence-electron chi connectivity index (χ0n) is 15.0. The van der Waals surface area contributed by atoms with E-state index in [2.05, 4.69) is 24.8 Å². The van der Waals surface area contributed by atoms with Gasteiger partial charge < -0.3 is 9.97 Å². The van der Waals surface area contributed by atoms with Crippen LogP contribution in [0.4, 0.5) is 4.39 Å². The topological polar surface area (TPSA) is 77.7 Å². The van der Waals surface area contributed by atoms with Crippen molar-refractivity contribution >= 4 is 10.9 Å². The first kappa shape index (κ1) is 16.8. The highest BCUT2D eigenvalue weighted by Gasteiger charge is 2.32. The van der Waals surface area contributed by atoms with Crippen LogP contribution < -0.4 is 5.43 Å². The fourth-order valence-electron chi connectivity index (χ4n) is 3.95. The summed E-state index contributed by atoms with van der Waals surface area (Å²) in [6, 6.07) is 11.8. The van der Waals surface area contributed by atoms with E-state index in [1.165, 1.54) is 6.07 Å². The maximum atomic E-state index is 14.2. The number of H-pyrrole nitrogens is 2. The fourth-order valence-corrected chi connectivity index (χ4v) is 3.95. The van der Waals surface area contributed by atoms with E-state index >= 15 is 0 Å². The minimum Gasteiger partial charge on any atom is -0.355 e. The van der Waals surface area contributed by atoms with Crippen LogP contribution in [0.15, 0.2) is 59.8 Å². The second kappa shape index (κ2) is 6.69. The first-order chi connectivity index (χ1) is 13.7. The van der Waals surface area contributed by atoms with E-state index in [-0.39, 0.29) is 17.0 Å². The molecule has 1 aliphatic heterocycles. The quantitative estimate of drug-likeness (QED) is 0.577. The smallest absolute Gasteiger partial charge is 0.189 e. The van der Waals surface area contributed by atoms with Gasteiger partial charge in [-0.15, -0.1) is 0 Å². The Bertz CT molecular complexity index is 1200. The van der Waals surface area contributed by atoms with E-state index in [4.69, 9.17) is 0 Å². The standard InChI is InChI=1S/C21H18FN5O/c22-15-5-3-4-14-18(28)10-13(26-19(14)15)11-27-9-7-16-20(25-12-24-16)21(27)17-6-1-2-8-23-17/h1-6,8,10,12,21H,7,9,11H2,(H,24,25)(H,26,28)/t21-/m0/s1. The highest BCUT2D eigenvalue weighted by molar-refractivity contribution is 5.78. The highest BCUT2D eigenvalue weighted by atomic mass is 19.1. The Morgan fingerprint density at radius 2 is 2.11 bits per heavy atom. The average Bonchev–Trinajstić information content (AvgIpc) is 3.18. The normalized spacial score (nSPS) is 17.0. The molecular formula is C21H18FN5O. The largest absolute Gasteiger partial charge is 0.355 e. The molecular weight excluding hydrogens is 357 g/mol. The molecule has 0 spiro atoms. The molecule has 0 fully saturated rings. The molecule has 4 heterocycles. The van der Waals surface area contributed by atoms with Gasteiger partial charge in [-0.25, -0.2) is 9.37 Å². The van der Waals surface area contributed by atoms with Crippen LogP contribution in [0.2, 0.25) is 0 Å². The Balaban J connectivity index is 1.56. The Labute approximate surface area is 160 Å². The van der Waals surface area contributed by atoms with E-state index in [0.29, 0.717) is 17.6 Å². The summed E-state index contributed by atoms with van der Waals surface area (Å²) in [5, 5.41) is 0.359. The molecule has 28 heavy (non-hydrogen) atoms. The first-order valence-corrected chi connectivity index (χ1v) is 9.18. The molecule has 5 rings (SSSR count). The van der Waals surface area contributed by atoms with Gasteiger partial charge in [-0.1, -0.05) is 12.1 Å². The number of hydrogen-bond acceptors (Lipinski definition) is 4. The van der Waals surface area contributed by atoms with E-state index in [9.17, 15) is 9.18 Å². The molecule has 0 saturated heterocycles. The maximum absolute atomic E-state index is 14.2. The van der Waals surface area contributed by atoms with Crippen LogP contribution in [-0.4, -0.2) is 31.4 Å². The number of aromatic nitrogens is 4. The van der Waals surface area contributed by atoms with E-state index < -0.39 is 5.82 Å². The summed E-state index contributed by atoms with van der Waals surface area (Å²) < 4.78 is 14.2. The van der Waals surface area contributed by atoms with Crippen molar-refractivity contribution in [2.75, 3.05) is 6.54 Å². The number of fused-ring (bicyclic) bond motifs is 2. The van der Waals surface area contributed by atoms with Crippen molar-refractivity contribution in [3.05, 3.63) is 93.8 Å². The Morgan fingerprint density at radius 3 is 2.96 bits per heavy atom. The zero-order valence-corrected chi connectivity index (χ0v) is 15.0. The molecule has 7 heteroatoms. The maximum Gasteiger partial charge on any atom is 0.189 e. The van der Waals surface area contributed by atoms with E-state index in [1.807, 2.05) is 18.2 Å². The highest BCUT2D eigenvalue weighted by Crippen LogP contribution is 2.33. The number of benzene rings is 1. The molecule has 6 nitrogen and oxygen atoms in total. The Morgan fingerprint density at radius 1 is 1.18 bits per heavy atom. The minimum absolute atomic E-state index is 0.129. The molecule has 1 atom stereocenters. The number of rotatable bonds is 3. The molecule has 4 aromatic rings. The van der Waals surface area contributed by atoms with Crippen LogP contribution in [0.5, 0.6) is 0 Å². The third-order valence-corrected chi connectivity index (χ3v) is 5.24. The number of imidazole rings is 1. The van der Waals surface area contributed by atoms with Crippen LogP contribution in [0.25, 0.3) is 10.9 Å². The van der Waals surface area contributed by atoms with Crippen molar-refractivity contribution < 1.29 is 4.39 Å². The third-order valence-electron chi connectivity index (χ3n) is 5.24. The van der Waals surface area contributed by atoms with Crippen LogP contribution in [0.1, 0.15) is 28.8 Å². The molecule has 0 bridgehead atoms. The number of hydrogen-bond donors (Lipinski definition) is 2. The summed E-state index contributed by atoms with van der Waals surface area (Å²) in [6.45, 7) is 1.24. The minimum atomic E-state index is -0.425. The lowest BCUT2D eigenvalue weighted by Crippen LogP contribution is -2.36. The van der Waals surface area contributed by atoms with Crippen molar-refractivity contribution in [2.45, 2.75) is 19.0 Å². The van der Waals surface area contributed by atoms with Gasteiger partial charge in [0.25, 0.3) is 0 Å². The SMILES string of the molecule is O=c1cc(CN2CCc3[nH]cnc3[C@@H]2c2ccccn2)[nH]c2c(F)cccc12. The molecule has 3 aromatic heterocycles. The van der Waals surface area contributed by atoms with E-state index in [1.54, 1.807) is 30.7 Å². The predicted molar refractivity (Wildman–Crippen MR) is 103 cm³/mol. The molecule has 0 radical (unpaired) electrons. The number of nitrogens with zero attached hydrogens (tertiary/aromatic N) is 3. The lowest BCUT2D eigenvalue weighted by molar-refractivity contribution is 0.195. The number of nitrogens with one attached hydrogen (secondary N) is 2. The number of pyridine rings is 2. The van der Waals surface area contributed by atoms with Gasteiger partial charge in [-0.2, -0.15) is 0 Å². The molecule has 2 N–H and O–H groups in total. The number of aromatic amines is 2. The van der Waals surface area contributed by atoms with Gasteiger partial charge in [0.05, 0.1) is 29.3 Å². The molecule has 1 aromatic carbocycles. The van der Waals surface area contributed by atoms with Gasteiger partial charge in [0, 0.05) is 48.5 Å². The molecule has 0 unspecified atom stereocenters. The van der Waals surface area contributed by atoms with Gasteiger partial charge in [0.15, 0.2) is 5.43 Å². The fraction of sp³-hybridized carbons (Fsp3) is 0.190.